The summed E-state index contributed by atoms with van der Waals surface area (Å²) in [4.78, 5) is 4.24. The van der Waals surface area contributed by atoms with Gasteiger partial charge < -0.3 is 10.3 Å². The molecule has 3 nitrogen and oxygen atoms in total. The summed E-state index contributed by atoms with van der Waals surface area (Å²) in [7, 11) is 0. The van der Waals surface area contributed by atoms with Gasteiger partial charge in [0.05, 0.1) is 17.6 Å². The van der Waals surface area contributed by atoms with Crippen LogP contribution >= 0.6 is 11.8 Å². The van der Waals surface area contributed by atoms with Crippen molar-refractivity contribution in [3.05, 3.63) is 18.2 Å². The van der Waals surface area contributed by atoms with Crippen LogP contribution in [0.1, 0.15) is 38.8 Å². The van der Waals surface area contributed by atoms with Crippen molar-refractivity contribution in [1.82, 2.24) is 9.55 Å². The Morgan fingerprint density at radius 3 is 2.69 bits per heavy atom. The summed E-state index contributed by atoms with van der Waals surface area (Å²) in [6.45, 7) is 5.12. The maximum absolute atomic E-state index is 6.15. The van der Waals surface area contributed by atoms with Gasteiger partial charge in [-0.25, -0.2) is 4.98 Å². The van der Waals surface area contributed by atoms with Crippen molar-refractivity contribution in [2.45, 2.75) is 49.9 Å². The fourth-order valence-corrected chi connectivity index (χ4v) is 3.26. The first-order chi connectivity index (χ1) is 7.47. The lowest BCUT2D eigenvalue weighted by Gasteiger charge is -2.41. The molecule has 0 atom stereocenters. The number of nitrogens with two attached hydrogens (primary N) is 1. The molecule has 4 heteroatoms. The van der Waals surface area contributed by atoms with Gasteiger partial charge in [0.2, 0.25) is 0 Å². The fourth-order valence-electron chi connectivity index (χ4n) is 2.29. The van der Waals surface area contributed by atoms with E-state index in [2.05, 4.69) is 15.8 Å². The molecule has 1 aromatic heterocycles. The Morgan fingerprint density at radius 1 is 1.56 bits per heavy atom. The van der Waals surface area contributed by atoms with Gasteiger partial charge in [-0.15, -0.1) is 0 Å². The molecule has 1 aromatic rings. The van der Waals surface area contributed by atoms with Crippen LogP contribution in [0.5, 0.6) is 0 Å². The number of hydrogen-bond donors (Lipinski definition) is 1. The quantitative estimate of drug-likeness (QED) is 0.877. The summed E-state index contributed by atoms with van der Waals surface area (Å²) in [5.41, 5.74) is 6.98. The number of thioether (sulfide) groups is 1. The second-order valence-electron chi connectivity index (χ2n) is 5.37. The molecule has 1 aliphatic rings. The van der Waals surface area contributed by atoms with Crippen LogP contribution in [-0.2, 0) is 12.1 Å². The second kappa shape index (κ2) is 4.08. The Kier molecular flexibility index (Phi) is 3.05. The fraction of sp³-hybridized carbons (Fsp3) is 0.750. The minimum absolute atomic E-state index is 0.306. The van der Waals surface area contributed by atoms with E-state index in [1.807, 2.05) is 38.1 Å². The van der Waals surface area contributed by atoms with Crippen LogP contribution in [-0.4, -0.2) is 20.6 Å². The number of imidazole rings is 1. The number of hydrogen-bond acceptors (Lipinski definition) is 3. The van der Waals surface area contributed by atoms with Gasteiger partial charge in [-0.1, -0.05) is 6.42 Å². The monoisotopic (exact) mass is 239 g/mol. The van der Waals surface area contributed by atoms with Crippen molar-refractivity contribution in [3.8, 4) is 0 Å². The van der Waals surface area contributed by atoms with Crippen molar-refractivity contribution in [3.63, 3.8) is 0 Å². The first kappa shape index (κ1) is 12.0. The molecule has 0 spiro atoms. The summed E-state index contributed by atoms with van der Waals surface area (Å²) < 4.78 is 2.66. The smallest absolute Gasteiger partial charge is 0.0949 e. The van der Waals surface area contributed by atoms with E-state index in [0.717, 1.165) is 12.2 Å². The SMILES string of the molecule is CSC1(Cn2cncc2C(C)(C)N)CCC1. The third-order valence-corrected chi connectivity index (χ3v) is 4.93. The Hall–Kier alpha value is -0.480. The molecule has 90 valence electrons. The zero-order valence-electron chi connectivity index (χ0n) is 10.4. The van der Waals surface area contributed by atoms with E-state index in [9.17, 15) is 0 Å². The van der Waals surface area contributed by atoms with E-state index < -0.39 is 0 Å². The summed E-state index contributed by atoms with van der Waals surface area (Å²) in [6, 6.07) is 0. The first-order valence-electron chi connectivity index (χ1n) is 5.81. The molecule has 0 unspecified atom stereocenters. The van der Waals surface area contributed by atoms with E-state index in [-0.39, 0.29) is 5.54 Å². The molecule has 0 amide bonds. The summed E-state index contributed by atoms with van der Waals surface area (Å²) in [6.07, 6.45) is 10.0. The zero-order valence-corrected chi connectivity index (χ0v) is 11.2. The summed E-state index contributed by atoms with van der Waals surface area (Å²) in [5.74, 6) is 0. The van der Waals surface area contributed by atoms with Crippen LogP contribution in [0.25, 0.3) is 0 Å². The van der Waals surface area contributed by atoms with Crippen molar-refractivity contribution >= 4 is 11.8 Å². The highest BCUT2D eigenvalue weighted by atomic mass is 32.2. The maximum Gasteiger partial charge on any atom is 0.0949 e. The lowest BCUT2D eigenvalue weighted by Crippen LogP contribution is -2.40. The first-order valence-corrected chi connectivity index (χ1v) is 7.04. The van der Waals surface area contributed by atoms with Gasteiger partial charge in [-0.2, -0.15) is 11.8 Å². The molecule has 2 N–H and O–H groups in total. The van der Waals surface area contributed by atoms with Crippen molar-refractivity contribution < 1.29 is 0 Å². The highest BCUT2D eigenvalue weighted by Crippen LogP contribution is 2.44. The largest absolute Gasteiger partial charge is 0.332 e. The minimum atomic E-state index is -0.306. The molecule has 1 aliphatic carbocycles. The third-order valence-electron chi connectivity index (χ3n) is 3.53. The molecule has 2 rings (SSSR count). The van der Waals surface area contributed by atoms with Gasteiger partial charge in [0.1, 0.15) is 0 Å². The van der Waals surface area contributed by atoms with Crippen LogP contribution in [0.3, 0.4) is 0 Å². The van der Waals surface area contributed by atoms with Crippen molar-refractivity contribution in [1.29, 1.82) is 0 Å². The molecule has 1 fully saturated rings. The highest BCUT2D eigenvalue weighted by molar-refractivity contribution is 8.00. The predicted octanol–water partition coefficient (Wildman–Crippen LogP) is 2.36. The van der Waals surface area contributed by atoms with Crippen LogP contribution in [0.2, 0.25) is 0 Å². The molecule has 0 aromatic carbocycles. The number of rotatable bonds is 4. The third kappa shape index (κ3) is 2.13. The van der Waals surface area contributed by atoms with Gasteiger partial charge in [-0.3, -0.25) is 0 Å². The lowest BCUT2D eigenvalue weighted by atomic mass is 9.84. The van der Waals surface area contributed by atoms with E-state index in [1.165, 1.54) is 19.3 Å². The van der Waals surface area contributed by atoms with Crippen molar-refractivity contribution in [2.75, 3.05) is 6.26 Å². The zero-order chi connectivity index (χ0) is 11.8. The predicted molar refractivity (Wildman–Crippen MR) is 69.5 cm³/mol. The normalized spacial score (nSPS) is 19.5. The van der Waals surface area contributed by atoms with Crippen LogP contribution in [0, 0.1) is 0 Å². The van der Waals surface area contributed by atoms with E-state index in [1.54, 1.807) is 0 Å². The molecule has 0 bridgehead atoms. The van der Waals surface area contributed by atoms with Gasteiger partial charge in [0, 0.05) is 17.5 Å². The summed E-state index contributed by atoms with van der Waals surface area (Å²) >= 11 is 1.99. The number of aromatic nitrogens is 2. The van der Waals surface area contributed by atoms with E-state index >= 15 is 0 Å². The van der Waals surface area contributed by atoms with E-state index in [4.69, 9.17) is 5.73 Å². The van der Waals surface area contributed by atoms with Gasteiger partial charge >= 0.3 is 0 Å². The van der Waals surface area contributed by atoms with Crippen LogP contribution in [0.4, 0.5) is 0 Å². The van der Waals surface area contributed by atoms with Crippen LogP contribution in [0.15, 0.2) is 12.5 Å². The Morgan fingerprint density at radius 2 is 2.25 bits per heavy atom. The van der Waals surface area contributed by atoms with Gasteiger partial charge in [-0.05, 0) is 32.9 Å². The standard InChI is InChI=1S/C12H21N3S/c1-11(2,13)10-7-14-9-15(10)8-12(16-3)5-4-6-12/h7,9H,4-6,8,13H2,1-3H3. The highest BCUT2D eigenvalue weighted by Gasteiger charge is 2.37. The minimum Gasteiger partial charge on any atom is -0.332 e. The molecular formula is C12H21N3S. The molecule has 16 heavy (non-hydrogen) atoms. The molecule has 0 radical (unpaired) electrons. The maximum atomic E-state index is 6.15. The number of nitrogens with zero attached hydrogens (tertiary/aromatic N) is 2. The Bertz CT molecular complexity index is 355. The average Bonchev–Trinajstić information content (AvgIpc) is 2.58. The Labute approximate surface area is 102 Å². The van der Waals surface area contributed by atoms with E-state index in [0.29, 0.717) is 4.75 Å². The van der Waals surface area contributed by atoms with Gasteiger partial charge in [0.15, 0.2) is 0 Å². The van der Waals surface area contributed by atoms with Crippen LogP contribution < -0.4 is 5.73 Å². The average molecular weight is 239 g/mol. The van der Waals surface area contributed by atoms with Crippen molar-refractivity contribution in [2.24, 2.45) is 5.73 Å². The second-order valence-corrected chi connectivity index (χ2v) is 6.64. The topological polar surface area (TPSA) is 43.8 Å². The molecule has 1 saturated carbocycles. The molecule has 0 aliphatic heterocycles. The molecule has 0 saturated heterocycles. The molecule has 1 heterocycles. The Balaban J connectivity index is 2.19. The lowest BCUT2D eigenvalue weighted by molar-refractivity contribution is 0.312. The van der Waals surface area contributed by atoms with Gasteiger partial charge in [0.25, 0.3) is 0 Å². The summed E-state index contributed by atoms with van der Waals surface area (Å²) in [5, 5.41) is 0. The molecular weight excluding hydrogens is 218 g/mol.